The molecule has 0 radical (unpaired) electrons. The Kier molecular flexibility index (Phi) is 8.62. The number of hydrogen-bond acceptors (Lipinski definition) is 5. The van der Waals surface area contributed by atoms with Crippen LogP contribution in [0.5, 0.6) is 5.75 Å². The second-order valence-electron chi connectivity index (χ2n) is 8.70. The molecule has 0 saturated heterocycles. The highest BCUT2D eigenvalue weighted by molar-refractivity contribution is 5.66. The molecule has 4 aromatic rings. The topological polar surface area (TPSA) is 73.3 Å². The number of unbranched alkanes of at least 4 members (excludes halogenated alkanes) is 1. The molecule has 200 valence electrons. The zero-order valence-electron chi connectivity index (χ0n) is 20.7. The van der Waals surface area contributed by atoms with Crippen LogP contribution in [0.3, 0.4) is 0 Å². The summed E-state index contributed by atoms with van der Waals surface area (Å²) in [5, 5.41) is 9.25. The van der Waals surface area contributed by atoms with Gasteiger partial charge >= 0.3 is 6.18 Å². The molecular formula is C28H27F4N3O3. The number of imidazole rings is 1. The summed E-state index contributed by atoms with van der Waals surface area (Å²) in [7, 11) is 0. The van der Waals surface area contributed by atoms with E-state index in [1.807, 2.05) is 10.8 Å². The first-order chi connectivity index (χ1) is 18.2. The van der Waals surface area contributed by atoms with Gasteiger partial charge in [0.1, 0.15) is 42.1 Å². The second-order valence-corrected chi connectivity index (χ2v) is 8.70. The number of halogens is 4. The molecule has 10 heteroatoms. The first-order valence-electron chi connectivity index (χ1n) is 12.1. The van der Waals surface area contributed by atoms with Crippen molar-refractivity contribution in [3.63, 3.8) is 0 Å². The van der Waals surface area contributed by atoms with Crippen molar-refractivity contribution in [2.45, 2.75) is 52.1 Å². The van der Waals surface area contributed by atoms with Crippen molar-refractivity contribution in [2.75, 3.05) is 0 Å². The summed E-state index contributed by atoms with van der Waals surface area (Å²) >= 11 is 0. The van der Waals surface area contributed by atoms with Crippen molar-refractivity contribution in [3.05, 3.63) is 101 Å². The fourth-order valence-corrected chi connectivity index (χ4v) is 3.87. The van der Waals surface area contributed by atoms with E-state index in [0.717, 1.165) is 25.0 Å². The van der Waals surface area contributed by atoms with Crippen molar-refractivity contribution in [2.24, 2.45) is 0 Å². The van der Waals surface area contributed by atoms with Crippen molar-refractivity contribution < 1.29 is 31.8 Å². The summed E-state index contributed by atoms with van der Waals surface area (Å²) in [4.78, 5) is 8.41. The Hall–Kier alpha value is -3.92. The molecule has 4 rings (SSSR count). The Labute approximate surface area is 217 Å². The molecule has 0 atom stereocenters. The molecule has 0 fully saturated rings. The third-order valence-corrected chi connectivity index (χ3v) is 6.00. The predicted molar refractivity (Wildman–Crippen MR) is 133 cm³/mol. The lowest BCUT2D eigenvalue weighted by molar-refractivity contribution is -0.137. The first kappa shape index (κ1) is 27.1. The van der Waals surface area contributed by atoms with Gasteiger partial charge in [0.05, 0.1) is 5.56 Å². The Morgan fingerprint density at radius 1 is 1.08 bits per heavy atom. The number of alkyl halides is 3. The first-order valence-corrected chi connectivity index (χ1v) is 12.1. The van der Waals surface area contributed by atoms with Gasteiger partial charge in [0.15, 0.2) is 0 Å². The minimum Gasteiger partial charge on any atom is -0.487 e. The molecule has 1 N–H and O–H groups in total. The minimum absolute atomic E-state index is 0.0698. The Morgan fingerprint density at radius 3 is 2.58 bits per heavy atom. The number of hydrogen-bond donors (Lipinski definition) is 1. The average Bonchev–Trinajstić information content (AvgIpc) is 3.50. The van der Waals surface area contributed by atoms with Crippen molar-refractivity contribution in [1.82, 2.24) is 14.5 Å². The average molecular weight is 530 g/mol. The van der Waals surface area contributed by atoms with Gasteiger partial charge in [-0.1, -0.05) is 18.2 Å². The van der Waals surface area contributed by atoms with E-state index in [4.69, 9.17) is 9.15 Å². The van der Waals surface area contributed by atoms with Crippen LogP contribution in [0.4, 0.5) is 17.6 Å². The highest BCUT2D eigenvalue weighted by Gasteiger charge is 2.29. The van der Waals surface area contributed by atoms with E-state index in [1.54, 1.807) is 37.4 Å². The molecule has 0 saturated carbocycles. The Balaban J connectivity index is 1.28. The van der Waals surface area contributed by atoms with E-state index in [-0.39, 0.29) is 24.9 Å². The van der Waals surface area contributed by atoms with Crippen molar-refractivity contribution in [1.29, 1.82) is 0 Å². The molecule has 0 unspecified atom stereocenters. The van der Waals surface area contributed by atoms with Crippen LogP contribution < -0.4 is 4.74 Å². The summed E-state index contributed by atoms with van der Waals surface area (Å²) < 4.78 is 65.9. The number of aryl methyl sites for hydroxylation is 3. The Bertz CT molecular complexity index is 1370. The summed E-state index contributed by atoms with van der Waals surface area (Å²) in [5.41, 5.74) is 0.981. The summed E-state index contributed by atoms with van der Waals surface area (Å²) in [6.07, 6.45) is 4.41. The number of aromatic nitrogens is 3. The second kappa shape index (κ2) is 12.1. The molecule has 6 nitrogen and oxygen atoms in total. The minimum atomic E-state index is -4.38. The number of rotatable bonds is 11. The number of nitrogens with zero attached hydrogens (tertiary/aromatic N) is 3. The lowest BCUT2D eigenvalue weighted by atomic mass is 10.1. The predicted octanol–water partition coefficient (Wildman–Crippen LogP) is 6.60. The molecule has 0 aliphatic carbocycles. The number of benzene rings is 2. The molecule has 0 bridgehead atoms. The molecule has 0 amide bonds. The maximum absolute atomic E-state index is 14.6. The quantitative estimate of drug-likeness (QED) is 0.175. The number of oxazole rings is 1. The molecule has 38 heavy (non-hydrogen) atoms. The molecule has 2 aromatic heterocycles. The number of ether oxygens (including phenoxy) is 1. The standard InChI is InChI=1S/C28H27F4N3O3/c1-19-25(34-27(38-19)12-7-20-5-9-22(10-6-20)28(30,31)32)18-37-23-11-8-21(24(29)16-23)4-2-3-14-35-15-13-33-26(35)17-36/h5-13,15-16,36H,2-4,14,17-18H2,1H3/b12-7+. The normalized spacial score (nSPS) is 11.9. The van der Waals surface area contributed by atoms with Gasteiger partial charge in [-0.2, -0.15) is 13.2 Å². The molecule has 2 aromatic carbocycles. The van der Waals surface area contributed by atoms with Crippen LogP contribution in [0.15, 0.2) is 59.3 Å². The monoisotopic (exact) mass is 529 g/mol. The van der Waals surface area contributed by atoms with E-state index < -0.39 is 11.7 Å². The molecule has 2 heterocycles. The molecule has 0 aliphatic heterocycles. The van der Waals surface area contributed by atoms with Gasteiger partial charge in [0.25, 0.3) is 0 Å². The molecular weight excluding hydrogens is 502 g/mol. The third-order valence-electron chi connectivity index (χ3n) is 6.00. The van der Waals surface area contributed by atoms with Gasteiger partial charge in [-0.25, -0.2) is 14.4 Å². The fourth-order valence-electron chi connectivity index (χ4n) is 3.87. The van der Waals surface area contributed by atoms with E-state index in [1.165, 1.54) is 18.2 Å². The van der Waals surface area contributed by atoms with E-state index in [2.05, 4.69) is 9.97 Å². The van der Waals surface area contributed by atoms with Crippen LogP contribution in [-0.2, 0) is 32.4 Å². The van der Waals surface area contributed by atoms with Crippen molar-refractivity contribution in [3.8, 4) is 5.75 Å². The number of aliphatic hydroxyl groups excluding tert-OH is 1. The van der Waals surface area contributed by atoms with Gasteiger partial charge < -0.3 is 18.8 Å². The summed E-state index contributed by atoms with van der Waals surface area (Å²) in [5.74, 6) is 1.43. The lowest BCUT2D eigenvalue weighted by Crippen LogP contribution is -2.04. The fraction of sp³-hybridized carbons (Fsp3) is 0.286. The van der Waals surface area contributed by atoms with Gasteiger partial charge in [-0.15, -0.1) is 0 Å². The zero-order chi connectivity index (χ0) is 27.1. The smallest absolute Gasteiger partial charge is 0.416 e. The lowest BCUT2D eigenvalue weighted by Gasteiger charge is -2.09. The highest BCUT2D eigenvalue weighted by atomic mass is 19.4. The molecule has 0 spiro atoms. The van der Waals surface area contributed by atoms with Gasteiger partial charge in [0.2, 0.25) is 5.89 Å². The van der Waals surface area contributed by atoms with Crippen LogP contribution in [0.2, 0.25) is 0 Å². The van der Waals surface area contributed by atoms with Gasteiger partial charge in [-0.05, 0) is 61.6 Å². The van der Waals surface area contributed by atoms with E-state index in [9.17, 15) is 22.7 Å². The van der Waals surface area contributed by atoms with Gasteiger partial charge in [0, 0.05) is 31.1 Å². The van der Waals surface area contributed by atoms with E-state index >= 15 is 0 Å². The van der Waals surface area contributed by atoms with Crippen LogP contribution in [0, 0.1) is 12.7 Å². The highest BCUT2D eigenvalue weighted by Crippen LogP contribution is 2.29. The third kappa shape index (κ3) is 7.10. The van der Waals surface area contributed by atoms with Crippen LogP contribution in [0.25, 0.3) is 12.2 Å². The van der Waals surface area contributed by atoms with Crippen LogP contribution >= 0.6 is 0 Å². The largest absolute Gasteiger partial charge is 0.487 e. The maximum Gasteiger partial charge on any atom is 0.416 e. The maximum atomic E-state index is 14.6. The van der Waals surface area contributed by atoms with Crippen LogP contribution in [0.1, 0.15) is 52.7 Å². The summed E-state index contributed by atoms with van der Waals surface area (Å²) in [6.45, 7) is 2.38. The molecule has 0 aliphatic rings. The van der Waals surface area contributed by atoms with Crippen LogP contribution in [-0.4, -0.2) is 19.6 Å². The Morgan fingerprint density at radius 2 is 1.87 bits per heavy atom. The summed E-state index contributed by atoms with van der Waals surface area (Å²) in [6, 6.07) is 9.51. The zero-order valence-corrected chi connectivity index (χ0v) is 20.7. The number of aliphatic hydroxyl groups is 1. The SMILES string of the molecule is Cc1oc(/C=C/c2ccc(C(F)(F)F)cc2)nc1COc1ccc(CCCCn2ccnc2CO)c(F)c1. The van der Waals surface area contributed by atoms with E-state index in [0.29, 0.717) is 47.1 Å². The van der Waals surface area contributed by atoms with Gasteiger partial charge in [-0.3, -0.25) is 0 Å². The van der Waals surface area contributed by atoms with Crippen molar-refractivity contribution >= 4 is 12.2 Å².